The first-order valence-electron chi connectivity index (χ1n) is 8.16. The number of thioether (sulfide) groups is 2. The van der Waals surface area contributed by atoms with Crippen molar-refractivity contribution in [2.45, 2.75) is 29.1 Å². The number of amides is 1. The van der Waals surface area contributed by atoms with Crippen molar-refractivity contribution in [3.8, 4) is 5.69 Å². The molecule has 0 radical (unpaired) electrons. The van der Waals surface area contributed by atoms with Crippen molar-refractivity contribution in [3.05, 3.63) is 60.4 Å². The molecular formula is C19H20N4OS2. The minimum atomic E-state index is -0.308. The minimum Gasteiger partial charge on any atom is -0.324 e. The Morgan fingerprint density at radius 2 is 1.88 bits per heavy atom. The molecule has 1 unspecified atom stereocenters. The van der Waals surface area contributed by atoms with Crippen LogP contribution in [-0.2, 0) is 4.79 Å². The normalized spacial score (nSPS) is 12.0. The Hall–Kier alpha value is -2.25. The van der Waals surface area contributed by atoms with Crippen LogP contribution in [0.2, 0.25) is 0 Å². The highest BCUT2D eigenvalue weighted by Crippen LogP contribution is 2.28. The Kier molecular flexibility index (Phi) is 6.00. The number of carbonyl (C=O) groups is 1. The molecule has 0 aliphatic heterocycles. The first-order chi connectivity index (χ1) is 12.6. The molecule has 2 aromatic carbocycles. The predicted molar refractivity (Wildman–Crippen MR) is 108 cm³/mol. The summed E-state index contributed by atoms with van der Waals surface area (Å²) in [6.07, 6.45) is 3.67. The number of anilines is 1. The first-order valence-corrected chi connectivity index (χ1v) is 10.3. The fraction of sp³-hybridized carbons (Fsp3) is 0.211. The summed E-state index contributed by atoms with van der Waals surface area (Å²) < 4.78 is 1.92. The van der Waals surface area contributed by atoms with Gasteiger partial charge in [0, 0.05) is 4.90 Å². The predicted octanol–water partition coefficient (Wildman–Crippen LogP) is 4.42. The third-order valence-corrected chi connectivity index (χ3v) is 5.76. The smallest absolute Gasteiger partial charge is 0.237 e. The van der Waals surface area contributed by atoms with Gasteiger partial charge in [-0.25, -0.2) is 0 Å². The molecule has 134 valence electrons. The van der Waals surface area contributed by atoms with Crippen LogP contribution in [-0.4, -0.2) is 32.2 Å². The summed E-state index contributed by atoms with van der Waals surface area (Å²) in [5, 5.41) is 11.6. The summed E-state index contributed by atoms with van der Waals surface area (Å²) in [5.74, 6) is -0.0594. The lowest BCUT2D eigenvalue weighted by atomic mass is 10.2. The van der Waals surface area contributed by atoms with Gasteiger partial charge in [0.2, 0.25) is 5.91 Å². The molecule has 0 bridgehead atoms. The van der Waals surface area contributed by atoms with E-state index < -0.39 is 0 Å². The third-order valence-electron chi connectivity index (χ3n) is 3.91. The Balaban J connectivity index is 1.75. The lowest BCUT2D eigenvalue weighted by Gasteiger charge is -2.14. The number of para-hydroxylation sites is 2. The van der Waals surface area contributed by atoms with Crippen LogP contribution < -0.4 is 5.32 Å². The van der Waals surface area contributed by atoms with Crippen molar-refractivity contribution in [3.63, 3.8) is 0 Å². The molecule has 5 nitrogen and oxygen atoms in total. The van der Waals surface area contributed by atoms with Gasteiger partial charge in [0.1, 0.15) is 6.33 Å². The summed E-state index contributed by atoms with van der Waals surface area (Å²) in [4.78, 5) is 13.7. The SMILES string of the molecule is CSc1ccccc1NC(=O)C(C)Sc1nncn1-c1ccccc1C. The maximum atomic E-state index is 12.6. The first kappa shape index (κ1) is 18.5. The second-order valence-electron chi connectivity index (χ2n) is 5.72. The van der Waals surface area contributed by atoms with Crippen LogP contribution in [0.1, 0.15) is 12.5 Å². The van der Waals surface area contributed by atoms with Gasteiger partial charge in [0.25, 0.3) is 0 Å². The highest BCUT2D eigenvalue weighted by molar-refractivity contribution is 8.00. The number of nitrogens with zero attached hydrogens (tertiary/aromatic N) is 3. The maximum Gasteiger partial charge on any atom is 0.237 e. The number of benzene rings is 2. The zero-order valence-electron chi connectivity index (χ0n) is 14.8. The molecular weight excluding hydrogens is 364 g/mol. The molecule has 0 aliphatic carbocycles. The summed E-state index contributed by atoms with van der Waals surface area (Å²) in [7, 11) is 0. The molecule has 1 atom stereocenters. The number of aryl methyl sites for hydroxylation is 1. The van der Waals surface area contributed by atoms with Crippen LogP contribution in [0, 0.1) is 6.92 Å². The molecule has 1 N–H and O–H groups in total. The van der Waals surface area contributed by atoms with E-state index in [9.17, 15) is 4.79 Å². The van der Waals surface area contributed by atoms with E-state index in [0.29, 0.717) is 5.16 Å². The van der Waals surface area contributed by atoms with E-state index in [-0.39, 0.29) is 11.2 Å². The van der Waals surface area contributed by atoms with Crippen LogP contribution in [0.4, 0.5) is 5.69 Å². The van der Waals surface area contributed by atoms with Crippen molar-refractivity contribution < 1.29 is 4.79 Å². The van der Waals surface area contributed by atoms with Crippen molar-refractivity contribution in [2.75, 3.05) is 11.6 Å². The van der Waals surface area contributed by atoms with Gasteiger partial charge >= 0.3 is 0 Å². The number of carbonyl (C=O) groups excluding carboxylic acids is 1. The number of hydrogen-bond donors (Lipinski definition) is 1. The van der Waals surface area contributed by atoms with E-state index in [2.05, 4.69) is 15.5 Å². The van der Waals surface area contributed by atoms with E-state index in [1.807, 2.05) is 73.2 Å². The van der Waals surface area contributed by atoms with Gasteiger partial charge in [-0.05, 0) is 43.9 Å². The zero-order chi connectivity index (χ0) is 18.5. The van der Waals surface area contributed by atoms with E-state index >= 15 is 0 Å². The van der Waals surface area contributed by atoms with Crippen molar-refractivity contribution in [1.29, 1.82) is 0 Å². The third kappa shape index (κ3) is 4.11. The number of aromatic nitrogens is 3. The monoisotopic (exact) mass is 384 g/mol. The second kappa shape index (κ2) is 8.42. The summed E-state index contributed by atoms with van der Waals surface area (Å²) in [6, 6.07) is 15.8. The van der Waals surface area contributed by atoms with Gasteiger partial charge < -0.3 is 5.32 Å². The standard InChI is InChI=1S/C19H20N4OS2/c1-13-8-4-6-10-16(13)23-12-20-22-19(23)26-14(2)18(24)21-15-9-5-7-11-17(15)25-3/h4-12,14H,1-3H3,(H,21,24). The van der Waals surface area contributed by atoms with Crippen LogP contribution in [0.15, 0.2) is 64.9 Å². The van der Waals surface area contributed by atoms with Gasteiger partial charge in [0.05, 0.1) is 16.6 Å². The second-order valence-corrected chi connectivity index (χ2v) is 7.88. The molecule has 3 rings (SSSR count). The number of nitrogens with one attached hydrogen (secondary N) is 1. The van der Waals surface area contributed by atoms with Crippen molar-refractivity contribution in [1.82, 2.24) is 14.8 Å². The van der Waals surface area contributed by atoms with Gasteiger partial charge in [-0.15, -0.1) is 22.0 Å². The van der Waals surface area contributed by atoms with Crippen LogP contribution in [0.3, 0.4) is 0 Å². The van der Waals surface area contributed by atoms with Crippen molar-refractivity contribution >= 4 is 35.1 Å². The van der Waals surface area contributed by atoms with Crippen LogP contribution in [0.25, 0.3) is 5.69 Å². The quantitative estimate of drug-likeness (QED) is 0.638. The molecule has 0 saturated heterocycles. The number of hydrogen-bond acceptors (Lipinski definition) is 5. The fourth-order valence-electron chi connectivity index (χ4n) is 2.50. The molecule has 3 aromatic rings. The average molecular weight is 385 g/mol. The molecule has 26 heavy (non-hydrogen) atoms. The molecule has 0 aliphatic rings. The van der Waals surface area contributed by atoms with Gasteiger partial charge in [-0.2, -0.15) is 0 Å². The average Bonchev–Trinajstić information content (AvgIpc) is 3.10. The topological polar surface area (TPSA) is 59.8 Å². The van der Waals surface area contributed by atoms with Gasteiger partial charge in [0.15, 0.2) is 5.16 Å². The highest BCUT2D eigenvalue weighted by Gasteiger charge is 2.19. The Morgan fingerprint density at radius 1 is 1.15 bits per heavy atom. The van der Waals surface area contributed by atoms with E-state index in [0.717, 1.165) is 21.8 Å². The van der Waals surface area contributed by atoms with E-state index in [1.54, 1.807) is 18.1 Å². The Morgan fingerprint density at radius 3 is 2.65 bits per heavy atom. The van der Waals surface area contributed by atoms with Gasteiger partial charge in [-0.3, -0.25) is 9.36 Å². The Labute approximate surface area is 161 Å². The molecule has 0 fully saturated rings. The maximum absolute atomic E-state index is 12.6. The fourth-order valence-corrected chi connectivity index (χ4v) is 3.89. The summed E-state index contributed by atoms with van der Waals surface area (Å²) in [5.41, 5.74) is 2.97. The molecule has 1 heterocycles. The van der Waals surface area contributed by atoms with Crippen LogP contribution >= 0.6 is 23.5 Å². The van der Waals surface area contributed by atoms with Gasteiger partial charge in [-0.1, -0.05) is 42.1 Å². The lowest BCUT2D eigenvalue weighted by molar-refractivity contribution is -0.115. The van der Waals surface area contributed by atoms with Crippen molar-refractivity contribution in [2.24, 2.45) is 0 Å². The summed E-state index contributed by atoms with van der Waals surface area (Å²) >= 11 is 3.00. The number of rotatable bonds is 6. The Bertz CT molecular complexity index is 910. The highest BCUT2D eigenvalue weighted by atomic mass is 32.2. The molecule has 1 amide bonds. The molecule has 1 aromatic heterocycles. The van der Waals surface area contributed by atoms with E-state index in [1.165, 1.54) is 11.8 Å². The zero-order valence-corrected chi connectivity index (χ0v) is 16.5. The summed E-state index contributed by atoms with van der Waals surface area (Å²) in [6.45, 7) is 3.91. The molecule has 0 spiro atoms. The minimum absolute atomic E-state index is 0.0594. The van der Waals surface area contributed by atoms with E-state index in [4.69, 9.17) is 0 Å². The molecule has 7 heteroatoms. The van der Waals surface area contributed by atoms with Crippen LogP contribution in [0.5, 0.6) is 0 Å². The lowest BCUT2D eigenvalue weighted by Crippen LogP contribution is -2.23. The largest absolute Gasteiger partial charge is 0.324 e. The molecule has 0 saturated carbocycles.